The van der Waals surface area contributed by atoms with Crippen LogP contribution in [0.2, 0.25) is 0 Å². The number of hydrogen-bond donors (Lipinski definition) is 1. The van der Waals surface area contributed by atoms with E-state index in [1.54, 1.807) is 42.7 Å². The molecule has 0 radical (unpaired) electrons. The molecule has 1 aliphatic heterocycles. The number of aromatic nitrogens is 2. The van der Waals surface area contributed by atoms with Crippen molar-refractivity contribution in [3.8, 4) is 17.1 Å². The number of hydrogen-bond acceptors (Lipinski definition) is 7. The Bertz CT molecular complexity index is 1160. The Labute approximate surface area is 208 Å². The van der Waals surface area contributed by atoms with E-state index in [0.717, 1.165) is 17.9 Å². The molecule has 0 aliphatic carbocycles. The Hall–Kier alpha value is -3.14. The molecule has 35 heavy (non-hydrogen) atoms. The van der Waals surface area contributed by atoms with E-state index in [0.29, 0.717) is 36.2 Å². The molecule has 0 spiro atoms. The molecule has 3 aromatic rings. The predicted molar refractivity (Wildman–Crippen MR) is 138 cm³/mol. The Balaban J connectivity index is 1.60. The zero-order chi connectivity index (χ0) is 25.0. The van der Waals surface area contributed by atoms with Gasteiger partial charge in [0.2, 0.25) is 0 Å². The van der Waals surface area contributed by atoms with Crippen molar-refractivity contribution in [2.75, 3.05) is 36.2 Å². The van der Waals surface area contributed by atoms with Crippen LogP contribution in [-0.4, -0.2) is 52.7 Å². The highest BCUT2D eigenvalue weighted by atomic mass is 32.2. The van der Waals surface area contributed by atoms with Gasteiger partial charge in [0.15, 0.2) is 10.6 Å². The number of benzene rings is 2. The maximum absolute atomic E-state index is 12.5. The van der Waals surface area contributed by atoms with Crippen LogP contribution in [0.15, 0.2) is 60.7 Å². The normalized spacial score (nSPS) is 17.1. The smallest absolute Gasteiger partial charge is 0.417 e. The molecule has 8 nitrogen and oxygen atoms in total. The predicted octanol–water partition coefficient (Wildman–Crippen LogP) is 4.59. The van der Waals surface area contributed by atoms with Gasteiger partial charge in [0.1, 0.15) is 17.3 Å². The van der Waals surface area contributed by atoms with Gasteiger partial charge in [0, 0.05) is 23.9 Å². The summed E-state index contributed by atoms with van der Waals surface area (Å²) in [7, 11) is 0. The molecule has 0 bridgehead atoms. The number of morpholine rings is 1. The van der Waals surface area contributed by atoms with E-state index < -0.39 is 22.0 Å². The molecule has 1 aromatic heterocycles. The van der Waals surface area contributed by atoms with Gasteiger partial charge in [-0.1, -0.05) is 18.2 Å². The van der Waals surface area contributed by atoms with Gasteiger partial charge in [0.05, 0.1) is 25.5 Å². The fraction of sp³-hybridized carbons (Fsp3) is 0.346. The fourth-order valence-electron chi connectivity index (χ4n) is 3.68. The summed E-state index contributed by atoms with van der Waals surface area (Å²) in [6.45, 7) is 7.91. The van der Waals surface area contributed by atoms with Crippen LogP contribution in [-0.2, 0) is 20.7 Å². The molecule has 1 fully saturated rings. The van der Waals surface area contributed by atoms with E-state index in [9.17, 15) is 9.35 Å². The number of nitrogens with zero attached hydrogens (tertiary/aromatic N) is 3. The lowest BCUT2D eigenvalue weighted by Gasteiger charge is -2.35. The number of anilines is 2. The number of rotatable bonds is 6. The van der Waals surface area contributed by atoms with E-state index in [1.165, 1.54) is 0 Å². The highest BCUT2D eigenvalue weighted by Gasteiger charge is 2.34. The Morgan fingerprint density at radius 3 is 2.54 bits per heavy atom. The maximum Gasteiger partial charge on any atom is 0.417 e. The summed E-state index contributed by atoms with van der Waals surface area (Å²) in [6.07, 6.45) is 1.12. The molecule has 1 unspecified atom stereocenters. The van der Waals surface area contributed by atoms with E-state index in [-0.39, 0.29) is 6.04 Å². The number of carbonyl (C=O) groups is 1. The third-order valence-corrected chi connectivity index (χ3v) is 7.70. The van der Waals surface area contributed by atoms with Crippen molar-refractivity contribution in [2.24, 2.45) is 0 Å². The van der Waals surface area contributed by atoms with Crippen LogP contribution < -0.4 is 15.0 Å². The zero-order valence-electron chi connectivity index (χ0n) is 20.4. The van der Waals surface area contributed by atoms with Crippen LogP contribution >= 0.6 is 0 Å². The number of amides is 1. The summed E-state index contributed by atoms with van der Waals surface area (Å²) in [5.41, 5.74) is 2.09. The lowest BCUT2D eigenvalue weighted by molar-refractivity contribution is 0.0985. The number of para-hydroxylation sites is 1. The van der Waals surface area contributed by atoms with Gasteiger partial charge in [-0.2, -0.15) is 0 Å². The molecule has 4 rings (SSSR count). The first kappa shape index (κ1) is 25.0. The lowest BCUT2D eigenvalue weighted by atomic mass is 10.1. The lowest BCUT2D eigenvalue weighted by Crippen LogP contribution is -2.44. The van der Waals surface area contributed by atoms with Gasteiger partial charge < -0.3 is 18.9 Å². The highest BCUT2D eigenvalue weighted by molar-refractivity contribution is 7.91. The topological polar surface area (TPSA) is 99.6 Å². The monoisotopic (exact) mass is 494 g/mol. The van der Waals surface area contributed by atoms with Crippen molar-refractivity contribution < 1.29 is 18.8 Å². The molecule has 0 saturated carbocycles. The number of ether oxygens (including phenoxy) is 2. The van der Waals surface area contributed by atoms with Gasteiger partial charge in [-0.05, 0) is 68.3 Å². The molecule has 9 heteroatoms. The summed E-state index contributed by atoms with van der Waals surface area (Å²) in [4.78, 5) is 24.0. The molecular weight excluding hydrogens is 464 g/mol. The van der Waals surface area contributed by atoms with Crippen LogP contribution in [0.4, 0.5) is 16.3 Å². The number of nitrogens with one attached hydrogen (secondary N) is 1. The van der Waals surface area contributed by atoms with Crippen molar-refractivity contribution >= 4 is 28.8 Å². The molecule has 2 heterocycles. The third-order valence-electron chi connectivity index (χ3n) is 6.05. The Kier molecular flexibility index (Phi) is 7.59. The Morgan fingerprint density at radius 2 is 1.89 bits per heavy atom. The molecule has 184 valence electrons. The SMILES string of the molecule is C[C@H]1COCCN1c1cc(C(C)(C)[S+](C)[O-])nc(-c2ccc(NC(=O)Oc3ccccc3)cc2)n1. The molecule has 1 N–H and O–H groups in total. The van der Waals surface area contributed by atoms with Crippen LogP contribution in [0.5, 0.6) is 5.75 Å². The van der Waals surface area contributed by atoms with Crippen molar-refractivity contribution in [2.45, 2.75) is 31.6 Å². The first-order chi connectivity index (χ1) is 16.7. The van der Waals surface area contributed by atoms with E-state index in [1.807, 2.05) is 38.1 Å². The summed E-state index contributed by atoms with van der Waals surface area (Å²) in [5, 5.41) is 2.72. The minimum atomic E-state index is -1.14. The average molecular weight is 495 g/mol. The van der Waals surface area contributed by atoms with Crippen molar-refractivity contribution in [3.63, 3.8) is 0 Å². The second kappa shape index (κ2) is 10.6. The highest BCUT2D eigenvalue weighted by Crippen LogP contribution is 2.32. The second-order valence-electron chi connectivity index (χ2n) is 8.92. The third kappa shape index (κ3) is 5.93. The van der Waals surface area contributed by atoms with Crippen LogP contribution in [0, 0.1) is 0 Å². The largest absolute Gasteiger partial charge is 0.616 e. The van der Waals surface area contributed by atoms with Gasteiger partial charge in [0.25, 0.3) is 0 Å². The molecular formula is C26H30N4O4S. The average Bonchev–Trinajstić information content (AvgIpc) is 2.85. The van der Waals surface area contributed by atoms with Gasteiger partial charge >= 0.3 is 6.09 Å². The van der Waals surface area contributed by atoms with Crippen LogP contribution in [0.1, 0.15) is 26.5 Å². The van der Waals surface area contributed by atoms with Crippen molar-refractivity contribution in [1.82, 2.24) is 9.97 Å². The first-order valence-corrected chi connectivity index (χ1v) is 13.0. The van der Waals surface area contributed by atoms with Crippen molar-refractivity contribution in [3.05, 3.63) is 66.4 Å². The van der Waals surface area contributed by atoms with E-state index in [2.05, 4.69) is 17.1 Å². The molecule has 1 saturated heterocycles. The van der Waals surface area contributed by atoms with Gasteiger partial charge in [-0.25, -0.2) is 14.8 Å². The van der Waals surface area contributed by atoms with Gasteiger partial charge in [-0.3, -0.25) is 5.32 Å². The molecule has 2 atom stereocenters. The number of carbonyl (C=O) groups excluding carboxylic acids is 1. The van der Waals surface area contributed by atoms with Gasteiger partial charge in [-0.15, -0.1) is 0 Å². The maximum atomic E-state index is 12.5. The second-order valence-corrected chi connectivity index (χ2v) is 10.9. The zero-order valence-corrected chi connectivity index (χ0v) is 21.2. The molecule has 1 aliphatic rings. The summed E-state index contributed by atoms with van der Waals surface area (Å²) >= 11 is -1.14. The van der Waals surface area contributed by atoms with E-state index in [4.69, 9.17) is 19.4 Å². The minimum Gasteiger partial charge on any atom is -0.616 e. The van der Waals surface area contributed by atoms with Crippen LogP contribution in [0.3, 0.4) is 0 Å². The standard InChI is InChI=1S/C26H30N4O4S/c1-18-17-33-15-14-30(18)23-16-22(26(2,3)35(4)32)28-24(29-23)19-10-12-20(13-11-19)27-25(31)34-21-8-6-5-7-9-21/h5-13,16,18H,14-15,17H2,1-4H3,(H,27,31)/t18-,35?/m0/s1. The van der Waals surface area contributed by atoms with Crippen LogP contribution in [0.25, 0.3) is 11.4 Å². The van der Waals surface area contributed by atoms with E-state index >= 15 is 0 Å². The Morgan fingerprint density at radius 1 is 1.17 bits per heavy atom. The molecule has 1 amide bonds. The summed E-state index contributed by atoms with van der Waals surface area (Å²) in [6, 6.07) is 18.2. The first-order valence-electron chi connectivity index (χ1n) is 11.5. The quantitative estimate of drug-likeness (QED) is 0.500. The van der Waals surface area contributed by atoms with Crippen molar-refractivity contribution in [1.29, 1.82) is 0 Å². The minimum absolute atomic E-state index is 0.164. The summed E-state index contributed by atoms with van der Waals surface area (Å²) in [5.74, 6) is 1.79. The summed E-state index contributed by atoms with van der Waals surface area (Å²) < 4.78 is 22.7. The molecule has 2 aromatic carbocycles. The fourth-order valence-corrected chi connectivity index (χ4v) is 4.07.